The Balaban J connectivity index is 2.11. The highest BCUT2D eigenvalue weighted by molar-refractivity contribution is 9.10. The van der Waals surface area contributed by atoms with Crippen molar-refractivity contribution in [3.63, 3.8) is 0 Å². The molecule has 2 aromatic rings. The van der Waals surface area contributed by atoms with E-state index in [1.807, 2.05) is 31.3 Å². The maximum Gasteiger partial charge on any atom is 0.125 e. The lowest BCUT2D eigenvalue weighted by atomic mass is 10.2. The van der Waals surface area contributed by atoms with Crippen LogP contribution < -0.4 is 10.6 Å². The smallest absolute Gasteiger partial charge is 0.125 e. The Hall–Kier alpha value is -1.55. The van der Waals surface area contributed by atoms with Crippen LogP contribution in [-0.2, 0) is 6.54 Å². The molecule has 0 atom stereocenters. The maximum absolute atomic E-state index is 5.67. The zero-order chi connectivity index (χ0) is 12.3. The summed E-state index contributed by atoms with van der Waals surface area (Å²) in [6.07, 6.45) is 1.72. The molecule has 0 amide bonds. The Kier molecular flexibility index (Phi) is 3.64. The second-order valence-electron chi connectivity index (χ2n) is 3.92. The minimum absolute atomic E-state index is 0.546. The van der Waals surface area contributed by atoms with E-state index in [-0.39, 0.29) is 0 Å². The predicted molar refractivity (Wildman–Crippen MR) is 74.9 cm³/mol. The fourth-order valence-electron chi connectivity index (χ4n) is 1.63. The topological polar surface area (TPSA) is 42.2 Å². The number of nitrogens with two attached hydrogens (primary N) is 1. The Morgan fingerprint density at radius 3 is 2.59 bits per heavy atom. The van der Waals surface area contributed by atoms with Crippen LogP contribution in [0.3, 0.4) is 0 Å². The van der Waals surface area contributed by atoms with Gasteiger partial charge in [0.1, 0.15) is 5.82 Å². The third-order valence-electron chi connectivity index (χ3n) is 2.54. The lowest BCUT2D eigenvalue weighted by Gasteiger charge is -2.19. The van der Waals surface area contributed by atoms with Crippen molar-refractivity contribution in [3.05, 3.63) is 52.6 Å². The van der Waals surface area contributed by atoms with E-state index in [1.165, 1.54) is 5.56 Å². The van der Waals surface area contributed by atoms with E-state index in [0.29, 0.717) is 5.82 Å². The van der Waals surface area contributed by atoms with Gasteiger partial charge < -0.3 is 10.6 Å². The largest absolute Gasteiger partial charge is 0.384 e. The fourth-order valence-corrected chi connectivity index (χ4v) is 1.89. The van der Waals surface area contributed by atoms with Crippen molar-refractivity contribution in [2.75, 3.05) is 17.7 Å². The molecule has 2 rings (SSSR count). The second kappa shape index (κ2) is 5.19. The maximum atomic E-state index is 5.67. The summed E-state index contributed by atoms with van der Waals surface area (Å²) in [4.78, 5) is 6.13. The molecular weight excluding hydrogens is 278 g/mol. The van der Waals surface area contributed by atoms with Crippen molar-refractivity contribution >= 4 is 27.4 Å². The average molecular weight is 292 g/mol. The van der Waals surface area contributed by atoms with Gasteiger partial charge in [-0.15, -0.1) is 0 Å². The molecule has 1 aromatic carbocycles. The molecule has 1 heterocycles. The van der Waals surface area contributed by atoms with Crippen LogP contribution in [0, 0.1) is 0 Å². The van der Waals surface area contributed by atoms with Crippen LogP contribution in [0.2, 0.25) is 0 Å². The summed E-state index contributed by atoms with van der Waals surface area (Å²) >= 11 is 3.43. The summed E-state index contributed by atoms with van der Waals surface area (Å²) in [5.74, 6) is 0.546. The highest BCUT2D eigenvalue weighted by Crippen LogP contribution is 2.17. The molecule has 0 aliphatic rings. The molecule has 3 nitrogen and oxygen atoms in total. The van der Waals surface area contributed by atoms with Gasteiger partial charge in [0.2, 0.25) is 0 Å². The molecule has 0 spiro atoms. The van der Waals surface area contributed by atoms with Crippen molar-refractivity contribution in [2.24, 2.45) is 0 Å². The van der Waals surface area contributed by atoms with E-state index < -0.39 is 0 Å². The van der Waals surface area contributed by atoms with Gasteiger partial charge >= 0.3 is 0 Å². The van der Waals surface area contributed by atoms with Gasteiger partial charge in [-0.3, -0.25) is 0 Å². The molecule has 0 fully saturated rings. The number of anilines is 2. The second-order valence-corrected chi connectivity index (χ2v) is 4.84. The zero-order valence-corrected chi connectivity index (χ0v) is 11.2. The van der Waals surface area contributed by atoms with E-state index in [0.717, 1.165) is 16.7 Å². The third-order valence-corrected chi connectivity index (χ3v) is 3.07. The third kappa shape index (κ3) is 3.20. The standard InChI is InChI=1S/C13H14BrN3/c1-17(12-6-7-16-13(15)8-12)9-10-2-4-11(14)5-3-10/h2-8H,9H2,1H3,(H2,15,16). The molecule has 0 unspecified atom stereocenters. The first-order valence-electron chi connectivity index (χ1n) is 5.32. The summed E-state index contributed by atoms with van der Waals surface area (Å²) in [6, 6.07) is 12.1. The summed E-state index contributed by atoms with van der Waals surface area (Å²) in [6.45, 7) is 0.844. The van der Waals surface area contributed by atoms with Gasteiger partial charge in [0.25, 0.3) is 0 Å². The molecule has 2 N–H and O–H groups in total. The van der Waals surface area contributed by atoms with E-state index >= 15 is 0 Å². The number of benzene rings is 1. The van der Waals surface area contributed by atoms with Crippen LogP contribution in [0.5, 0.6) is 0 Å². The van der Waals surface area contributed by atoms with E-state index in [9.17, 15) is 0 Å². The van der Waals surface area contributed by atoms with Crippen molar-refractivity contribution in [1.29, 1.82) is 0 Å². The van der Waals surface area contributed by atoms with Gasteiger partial charge in [-0.1, -0.05) is 28.1 Å². The number of hydrogen-bond donors (Lipinski definition) is 1. The molecule has 88 valence electrons. The van der Waals surface area contributed by atoms with Crippen molar-refractivity contribution in [1.82, 2.24) is 4.98 Å². The van der Waals surface area contributed by atoms with Gasteiger partial charge in [0, 0.05) is 36.0 Å². The summed E-state index contributed by atoms with van der Waals surface area (Å²) in [5, 5.41) is 0. The molecule has 0 bridgehead atoms. The number of nitrogen functional groups attached to an aromatic ring is 1. The Morgan fingerprint density at radius 1 is 1.24 bits per heavy atom. The van der Waals surface area contributed by atoms with E-state index in [2.05, 4.69) is 37.9 Å². The molecule has 0 radical (unpaired) electrons. The van der Waals surface area contributed by atoms with Gasteiger partial charge in [-0.25, -0.2) is 4.98 Å². The van der Waals surface area contributed by atoms with Gasteiger partial charge in [-0.2, -0.15) is 0 Å². The minimum atomic E-state index is 0.546. The molecule has 0 aliphatic carbocycles. The van der Waals surface area contributed by atoms with Crippen molar-refractivity contribution in [3.8, 4) is 0 Å². The fraction of sp³-hybridized carbons (Fsp3) is 0.154. The number of halogens is 1. The molecule has 0 aliphatic heterocycles. The molecule has 0 saturated heterocycles. The lowest BCUT2D eigenvalue weighted by molar-refractivity contribution is 0.921. The SMILES string of the molecule is CN(Cc1ccc(Br)cc1)c1ccnc(N)c1. The van der Waals surface area contributed by atoms with Crippen LogP contribution >= 0.6 is 15.9 Å². The predicted octanol–water partition coefficient (Wildman–Crippen LogP) is 3.06. The first kappa shape index (κ1) is 11.9. The Morgan fingerprint density at radius 2 is 1.94 bits per heavy atom. The van der Waals surface area contributed by atoms with Gasteiger partial charge in [0.15, 0.2) is 0 Å². The molecule has 0 saturated carbocycles. The first-order valence-corrected chi connectivity index (χ1v) is 6.11. The van der Waals surface area contributed by atoms with E-state index in [4.69, 9.17) is 5.73 Å². The Bertz CT molecular complexity index is 496. The number of pyridine rings is 1. The van der Waals surface area contributed by atoms with Gasteiger partial charge in [-0.05, 0) is 23.8 Å². The quantitative estimate of drug-likeness (QED) is 0.945. The van der Waals surface area contributed by atoms with Crippen LogP contribution in [0.1, 0.15) is 5.56 Å². The van der Waals surface area contributed by atoms with Crippen LogP contribution in [0.25, 0.3) is 0 Å². The highest BCUT2D eigenvalue weighted by atomic mass is 79.9. The number of hydrogen-bond acceptors (Lipinski definition) is 3. The number of aromatic nitrogens is 1. The zero-order valence-electron chi connectivity index (χ0n) is 9.60. The summed E-state index contributed by atoms with van der Waals surface area (Å²) in [7, 11) is 2.04. The first-order chi connectivity index (χ1) is 8.15. The van der Waals surface area contributed by atoms with Crippen LogP contribution in [0.4, 0.5) is 11.5 Å². The lowest BCUT2D eigenvalue weighted by Crippen LogP contribution is -2.16. The average Bonchev–Trinajstić information content (AvgIpc) is 2.32. The highest BCUT2D eigenvalue weighted by Gasteiger charge is 2.02. The summed E-state index contributed by atoms with van der Waals surface area (Å²) < 4.78 is 1.09. The molecular formula is C13H14BrN3. The Labute approximate surface area is 109 Å². The number of nitrogens with zero attached hydrogens (tertiary/aromatic N) is 2. The molecule has 4 heteroatoms. The van der Waals surface area contributed by atoms with Crippen LogP contribution in [-0.4, -0.2) is 12.0 Å². The normalized spacial score (nSPS) is 10.2. The molecule has 1 aromatic heterocycles. The molecule has 17 heavy (non-hydrogen) atoms. The number of rotatable bonds is 3. The van der Waals surface area contributed by atoms with Crippen molar-refractivity contribution < 1.29 is 0 Å². The minimum Gasteiger partial charge on any atom is -0.384 e. The van der Waals surface area contributed by atoms with Crippen molar-refractivity contribution in [2.45, 2.75) is 6.54 Å². The van der Waals surface area contributed by atoms with Crippen LogP contribution in [0.15, 0.2) is 47.1 Å². The van der Waals surface area contributed by atoms with Gasteiger partial charge in [0.05, 0.1) is 0 Å². The monoisotopic (exact) mass is 291 g/mol. The summed E-state index contributed by atoms with van der Waals surface area (Å²) in [5.41, 5.74) is 7.99. The van der Waals surface area contributed by atoms with E-state index in [1.54, 1.807) is 6.20 Å².